The number of fused-ring (bicyclic) bond motifs is 1. The van der Waals surface area contributed by atoms with Gasteiger partial charge in [0.1, 0.15) is 0 Å². The zero-order valence-corrected chi connectivity index (χ0v) is 9.59. The van der Waals surface area contributed by atoms with Crippen molar-refractivity contribution in [1.82, 2.24) is 4.98 Å². The van der Waals surface area contributed by atoms with Crippen molar-refractivity contribution in [3.05, 3.63) is 51.5 Å². The van der Waals surface area contributed by atoms with Crippen LogP contribution >= 0.6 is 11.3 Å². The molecule has 1 aromatic heterocycles. The molecule has 2 aromatic rings. The average Bonchev–Trinajstić information content (AvgIpc) is 2.90. The van der Waals surface area contributed by atoms with Crippen LogP contribution in [0.2, 0.25) is 0 Å². The molecule has 1 aliphatic rings. The fourth-order valence-corrected chi connectivity index (χ4v) is 2.87. The Balaban J connectivity index is 2.00. The number of hydrogen-bond acceptors (Lipinski definition) is 3. The average molecular weight is 229 g/mol. The topological polar surface area (TPSA) is 30.0 Å². The summed E-state index contributed by atoms with van der Waals surface area (Å²) in [5.41, 5.74) is 3.43. The zero-order chi connectivity index (χ0) is 11.0. The molecule has 16 heavy (non-hydrogen) atoms. The van der Waals surface area contributed by atoms with Crippen LogP contribution in [0.4, 0.5) is 0 Å². The van der Waals surface area contributed by atoms with Gasteiger partial charge < -0.3 is 0 Å². The molecule has 3 rings (SSSR count). The molecule has 0 N–H and O–H groups in total. The van der Waals surface area contributed by atoms with E-state index in [0.717, 1.165) is 23.4 Å². The minimum atomic E-state index is 0.288. The lowest BCUT2D eigenvalue weighted by Crippen LogP contribution is -1.96. The molecule has 1 heterocycles. The molecular weight excluding hydrogens is 218 g/mol. The monoisotopic (exact) mass is 229 g/mol. The van der Waals surface area contributed by atoms with E-state index >= 15 is 0 Å². The molecule has 3 heteroatoms. The Morgan fingerprint density at radius 3 is 3.06 bits per heavy atom. The summed E-state index contributed by atoms with van der Waals surface area (Å²) in [6.45, 7) is 0. The van der Waals surface area contributed by atoms with Gasteiger partial charge in [0, 0.05) is 30.0 Å². The van der Waals surface area contributed by atoms with Crippen LogP contribution in [0.3, 0.4) is 0 Å². The van der Waals surface area contributed by atoms with E-state index in [1.54, 1.807) is 11.3 Å². The van der Waals surface area contributed by atoms with Gasteiger partial charge in [0.25, 0.3) is 0 Å². The third-order valence-electron chi connectivity index (χ3n) is 3.00. The molecule has 0 aliphatic heterocycles. The number of benzene rings is 1. The van der Waals surface area contributed by atoms with Crippen LogP contribution < -0.4 is 0 Å². The predicted molar refractivity (Wildman–Crippen MR) is 64.0 cm³/mol. The summed E-state index contributed by atoms with van der Waals surface area (Å²) in [7, 11) is 0. The predicted octanol–water partition coefficient (Wildman–Crippen LogP) is 2.86. The van der Waals surface area contributed by atoms with Gasteiger partial charge in [-0.2, -0.15) is 0 Å². The standard InChI is InChI=1S/C13H11NOS/c15-12-5-4-10-9(2-1-3-11(10)12)8-13-14-6-7-16-13/h1-3,6-7H,4-5,8H2. The Bertz CT molecular complexity index is 531. The number of thiazole rings is 1. The molecule has 1 aromatic carbocycles. The van der Waals surface area contributed by atoms with Gasteiger partial charge in [0.05, 0.1) is 5.01 Å². The Hall–Kier alpha value is -1.48. The van der Waals surface area contributed by atoms with Gasteiger partial charge in [-0.3, -0.25) is 4.79 Å². The van der Waals surface area contributed by atoms with Crippen molar-refractivity contribution < 1.29 is 4.79 Å². The number of aromatic nitrogens is 1. The van der Waals surface area contributed by atoms with Crippen molar-refractivity contribution in [3.63, 3.8) is 0 Å². The number of Topliss-reactive ketones (excluding diaryl/α,β-unsaturated/α-hetero) is 1. The first-order valence-electron chi connectivity index (χ1n) is 5.37. The van der Waals surface area contributed by atoms with Gasteiger partial charge >= 0.3 is 0 Å². The van der Waals surface area contributed by atoms with Crippen LogP contribution in [0.1, 0.15) is 32.9 Å². The van der Waals surface area contributed by atoms with Crippen molar-refractivity contribution in [2.45, 2.75) is 19.3 Å². The van der Waals surface area contributed by atoms with Crippen molar-refractivity contribution >= 4 is 17.1 Å². The van der Waals surface area contributed by atoms with Gasteiger partial charge in [-0.15, -0.1) is 11.3 Å². The second-order valence-corrected chi connectivity index (χ2v) is 4.95. The van der Waals surface area contributed by atoms with Crippen molar-refractivity contribution in [2.75, 3.05) is 0 Å². The molecule has 1 aliphatic carbocycles. The van der Waals surface area contributed by atoms with E-state index in [0.29, 0.717) is 6.42 Å². The normalized spacial score (nSPS) is 14.1. The lowest BCUT2D eigenvalue weighted by Gasteiger charge is -2.05. The summed E-state index contributed by atoms with van der Waals surface area (Å²) in [4.78, 5) is 15.9. The van der Waals surface area contributed by atoms with Crippen LogP contribution in [-0.2, 0) is 12.8 Å². The third kappa shape index (κ3) is 1.57. The molecule has 0 atom stereocenters. The largest absolute Gasteiger partial charge is 0.294 e. The molecular formula is C13H11NOS. The molecule has 0 saturated heterocycles. The van der Waals surface area contributed by atoms with E-state index in [1.165, 1.54) is 11.1 Å². The molecule has 0 spiro atoms. The van der Waals surface area contributed by atoms with E-state index in [2.05, 4.69) is 11.1 Å². The highest BCUT2D eigenvalue weighted by Crippen LogP contribution is 2.27. The lowest BCUT2D eigenvalue weighted by atomic mass is 10.0. The number of carbonyl (C=O) groups excluding carboxylic acids is 1. The first-order valence-corrected chi connectivity index (χ1v) is 6.25. The smallest absolute Gasteiger partial charge is 0.163 e. The zero-order valence-electron chi connectivity index (χ0n) is 8.77. The maximum atomic E-state index is 11.6. The van der Waals surface area contributed by atoms with E-state index < -0.39 is 0 Å². The Morgan fingerprint density at radius 1 is 1.31 bits per heavy atom. The Kier molecular flexibility index (Phi) is 2.33. The highest BCUT2D eigenvalue weighted by molar-refractivity contribution is 7.09. The second-order valence-electron chi connectivity index (χ2n) is 3.97. The molecule has 0 unspecified atom stereocenters. The van der Waals surface area contributed by atoms with Crippen LogP contribution in [0, 0.1) is 0 Å². The summed E-state index contributed by atoms with van der Waals surface area (Å²) < 4.78 is 0. The number of carbonyl (C=O) groups is 1. The maximum absolute atomic E-state index is 11.6. The second kappa shape index (κ2) is 3.83. The van der Waals surface area contributed by atoms with Crippen LogP contribution in [0.15, 0.2) is 29.8 Å². The van der Waals surface area contributed by atoms with Crippen LogP contribution in [0.25, 0.3) is 0 Å². The summed E-state index contributed by atoms with van der Waals surface area (Å²) >= 11 is 1.67. The SMILES string of the molecule is O=C1CCc2c(Cc3nccs3)cccc21. The van der Waals surface area contributed by atoms with E-state index in [-0.39, 0.29) is 5.78 Å². The third-order valence-corrected chi connectivity index (χ3v) is 3.78. The van der Waals surface area contributed by atoms with E-state index in [4.69, 9.17) is 0 Å². The van der Waals surface area contributed by atoms with Crippen LogP contribution in [-0.4, -0.2) is 10.8 Å². The molecule has 0 fully saturated rings. The van der Waals surface area contributed by atoms with Gasteiger partial charge in [-0.1, -0.05) is 18.2 Å². The summed E-state index contributed by atoms with van der Waals surface area (Å²) in [5, 5.41) is 3.11. The minimum absolute atomic E-state index is 0.288. The highest BCUT2D eigenvalue weighted by atomic mass is 32.1. The van der Waals surface area contributed by atoms with Crippen LogP contribution in [0.5, 0.6) is 0 Å². The summed E-state index contributed by atoms with van der Waals surface area (Å²) in [6.07, 6.45) is 4.25. The number of nitrogens with zero attached hydrogens (tertiary/aromatic N) is 1. The first-order chi connectivity index (χ1) is 7.84. The van der Waals surface area contributed by atoms with Crippen molar-refractivity contribution in [2.24, 2.45) is 0 Å². The van der Waals surface area contributed by atoms with Gasteiger partial charge in [0.15, 0.2) is 5.78 Å². The van der Waals surface area contributed by atoms with Gasteiger partial charge in [-0.05, 0) is 17.5 Å². The Morgan fingerprint density at radius 2 is 2.25 bits per heavy atom. The highest BCUT2D eigenvalue weighted by Gasteiger charge is 2.21. The molecule has 2 nitrogen and oxygen atoms in total. The van der Waals surface area contributed by atoms with Gasteiger partial charge in [-0.25, -0.2) is 4.98 Å². The maximum Gasteiger partial charge on any atom is 0.163 e. The summed E-state index contributed by atoms with van der Waals surface area (Å²) in [6, 6.07) is 6.03. The molecule has 80 valence electrons. The van der Waals surface area contributed by atoms with E-state index in [9.17, 15) is 4.79 Å². The van der Waals surface area contributed by atoms with Crippen molar-refractivity contribution in [3.8, 4) is 0 Å². The van der Waals surface area contributed by atoms with Crippen molar-refractivity contribution in [1.29, 1.82) is 0 Å². The molecule has 0 amide bonds. The fraction of sp³-hybridized carbons (Fsp3) is 0.231. The summed E-state index contributed by atoms with van der Waals surface area (Å²) in [5.74, 6) is 0.288. The van der Waals surface area contributed by atoms with E-state index in [1.807, 2.05) is 23.7 Å². The fourth-order valence-electron chi connectivity index (χ4n) is 2.23. The minimum Gasteiger partial charge on any atom is -0.294 e. The lowest BCUT2D eigenvalue weighted by molar-refractivity contribution is 0.0994. The number of hydrogen-bond donors (Lipinski definition) is 0. The number of rotatable bonds is 2. The molecule has 0 radical (unpaired) electrons. The molecule has 0 bridgehead atoms. The van der Waals surface area contributed by atoms with Gasteiger partial charge in [0.2, 0.25) is 0 Å². The first kappa shape index (κ1) is 9.73. The quantitative estimate of drug-likeness (QED) is 0.792. The number of ketones is 1. The molecule has 0 saturated carbocycles. The Labute approximate surface area is 98.0 Å².